The van der Waals surface area contributed by atoms with Gasteiger partial charge in [-0.15, -0.1) is 0 Å². The molecule has 1 N–H and O–H groups in total. The molecule has 1 aliphatic heterocycles. The van der Waals surface area contributed by atoms with Gasteiger partial charge in [0.1, 0.15) is 17.5 Å². The molecule has 0 aliphatic carbocycles. The summed E-state index contributed by atoms with van der Waals surface area (Å²) >= 11 is 3.27. The van der Waals surface area contributed by atoms with Crippen molar-refractivity contribution in [2.24, 2.45) is 0 Å². The summed E-state index contributed by atoms with van der Waals surface area (Å²) in [5.41, 5.74) is 2.68. The number of hydrogen-bond donors (Lipinski definition) is 1. The second-order valence-electron chi connectivity index (χ2n) is 6.39. The van der Waals surface area contributed by atoms with Crippen LogP contribution < -0.4 is 0 Å². The molecule has 26 heavy (non-hydrogen) atoms. The van der Waals surface area contributed by atoms with Crippen LogP contribution in [0.3, 0.4) is 0 Å². The third kappa shape index (κ3) is 3.97. The smallest absolute Gasteiger partial charge is 0.417 e. The molecule has 1 aliphatic rings. The fraction of sp³-hybridized carbons (Fsp3) is 0.300. The largest absolute Gasteiger partial charge is 0.447 e. The second-order valence-corrected chi connectivity index (χ2v) is 7.37. The highest BCUT2D eigenvalue weighted by Gasteiger charge is 2.42. The Hall–Kier alpha value is -2.18. The predicted molar refractivity (Wildman–Crippen MR) is 101 cm³/mol. The molecule has 0 bridgehead atoms. The SMILES string of the molecule is Cc1ccc([C@H](O)[C@H](Br)C(=O)N2C(=O)OC[C@@H]2Cc2ccccc2)cc1. The summed E-state index contributed by atoms with van der Waals surface area (Å²) in [5, 5.41) is 10.5. The maximum Gasteiger partial charge on any atom is 0.417 e. The summed E-state index contributed by atoms with van der Waals surface area (Å²) in [5.74, 6) is -0.499. The van der Waals surface area contributed by atoms with Crippen LogP contribution in [0, 0.1) is 6.92 Å². The van der Waals surface area contributed by atoms with E-state index in [-0.39, 0.29) is 12.6 Å². The molecule has 0 spiro atoms. The molecule has 0 saturated carbocycles. The second kappa shape index (κ2) is 8.01. The number of rotatable bonds is 5. The number of nitrogens with zero attached hydrogens (tertiary/aromatic N) is 1. The number of amides is 2. The Morgan fingerprint density at radius 2 is 1.88 bits per heavy atom. The quantitative estimate of drug-likeness (QED) is 0.757. The molecule has 0 unspecified atom stereocenters. The molecule has 1 saturated heterocycles. The third-order valence-corrected chi connectivity index (χ3v) is 5.34. The number of hydrogen-bond acceptors (Lipinski definition) is 4. The van der Waals surface area contributed by atoms with E-state index in [4.69, 9.17) is 4.74 Å². The molecule has 1 fully saturated rings. The van der Waals surface area contributed by atoms with Crippen LogP contribution in [-0.4, -0.2) is 39.5 Å². The minimum Gasteiger partial charge on any atom is -0.447 e. The van der Waals surface area contributed by atoms with E-state index >= 15 is 0 Å². The van der Waals surface area contributed by atoms with Gasteiger partial charge in [0, 0.05) is 0 Å². The number of cyclic esters (lactones) is 1. The Morgan fingerprint density at radius 1 is 1.23 bits per heavy atom. The first-order chi connectivity index (χ1) is 12.5. The molecule has 0 aromatic heterocycles. The standard InChI is InChI=1S/C20H20BrNO4/c1-13-7-9-15(10-8-13)18(23)17(21)19(24)22-16(12-26-20(22)25)11-14-5-3-2-4-6-14/h2-10,16-18,23H,11-12H2,1H3/t16-,17-,18-/m0/s1. The molecule has 5 nitrogen and oxygen atoms in total. The van der Waals surface area contributed by atoms with Gasteiger partial charge >= 0.3 is 6.09 Å². The van der Waals surface area contributed by atoms with Gasteiger partial charge in [0.2, 0.25) is 5.91 Å². The number of carbonyl (C=O) groups is 2. The lowest BCUT2D eigenvalue weighted by molar-refractivity contribution is -0.130. The lowest BCUT2D eigenvalue weighted by Gasteiger charge is -2.25. The summed E-state index contributed by atoms with van der Waals surface area (Å²) < 4.78 is 5.09. The topological polar surface area (TPSA) is 66.8 Å². The highest BCUT2D eigenvalue weighted by Crippen LogP contribution is 2.28. The van der Waals surface area contributed by atoms with Crippen LogP contribution in [0.2, 0.25) is 0 Å². The number of imide groups is 1. The molecule has 2 amide bonds. The minimum atomic E-state index is -1.06. The molecule has 0 radical (unpaired) electrons. The lowest BCUT2D eigenvalue weighted by Crippen LogP contribution is -2.45. The van der Waals surface area contributed by atoms with E-state index in [1.54, 1.807) is 12.1 Å². The Bertz CT molecular complexity index is 778. The normalized spacial score (nSPS) is 19.1. The fourth-order valence-corrected chi connectivity index (χ4v) is 3.49. The van der Waals surface area contributed by atoms with Crippen molar-refractivity contribution in [3.63, 3.8) is 0 Å². The van der Waals surface area contributed by atoms with Gasteiger partial charge < -0.3 is 9.84 Å². The first-order valence-corrected chi connectivity index (χ1v) is 9.31. The number of aryl methyl sites for hydroxylation is 1. The van der Waals surface area contributed by atoms with Gasteiger partial charge in [-0.2, -0.15) is 0 Å². The van der Waals surface area contributed by atoms with Crippen molar-refractivity contribution < 1.29 is 19.4 Å². The summed E-state index contributed by atoms with van der Waals surface area (Å²) in [7, 11) is 0. The van der Waals surface area contributed by atoms with Crippen LogP contribution in [0.4, 0.5) is 4.79 Å². The van der Waals surface area contributed by atoms with Gasteiger partial charge in [-0.1, -0.05) is 76.1 Å². The van der Waals surface area contributed by atoms with E-state index in [2.05, 4.69) is 15.9 Å². The van der Waals surface area contributed by atoms with E-state index in [1.165, 1.54) is 0 Å². The van der Waals surface area contributed by atoms with E-state index in [0.717, 1.165) is 16.0 Å². The molecule has 1 heterocycles. The van der Waals surface area contributed by atoms with E-state index in [0.29, 0.717) is 12.0 Å². The molecule has 6 heteroatoms. The number of alkyl halides is 1. The number of ether oxygens (including phenoxy) is 1. The minimum absolute atomic E-state index is 0.153. The summed E-state index contributed by atoms with van der Waals surface area (Å²) in [6.07, 6.45) is -1.22. The average molecular weight is 418 g/mol. The summed E-state index contributed by atoms with van der Waals surface area (Å²) in [4.78, 5) is 25.1. The van der Waals surface area contributed by atoms with Crippen LogP contribution in [0.15, 0.2) is 54.6 Å². The Morgan fingerprint density at radius 3 is 2.54 bits per heavy atom. The molecule has 2 aromatic rings. The van der Waals surface area contributed by atoms with Gasteiger partial charge in [0.15, 0.2) is 0 Å². The van der Waals surface area contributed by atoms with Gasteiger partial charge in [0.05, 0.1) is 6.04 Å². The summed E-state index contributed by atoms with van der Waals surface area (Å²) in [6, 6.07) is 16.5. The molecular weight excluding hydrogens is 398 g/mol. The maximum atomic E-state index is 12.9. The Balaban J connectivity index is 1.75. The van der Waals surface area contributed by atoms with E-state index < -0.39 is 22.9 Å². The van der Waals surface area contributed by atoms with Crippen molar-refractivity contribution in [2.75, 3.05) is 6.61 Å². The van der Waals surface area contributed by atoms with Crippen LogP contribution in [0.5, 0.6) is 0 Å². The van der Waals surface area contributed by atoms with Crippen molar-refractivity contribution in [3.8, 4) is 0 Å². The van der Waals surface area contributed by atoms with Crippen LogP contribution in [0.25, 0.3) is 0 Å². The van der Waals surface area contributed by atoms with Crippen LogP contribution >= 0.6 is 15.9 Å². The first-order valence-electron chi connectivity index (χ1n) is 8.40. The monoisotopic (exact) mass is 417 g/mol. The lowest BCUT2D eigenvalue weighted by atomic mass is 10.0. The maximum absolute atomic E-state index is 12.9. The molecule has 3 rings (SSSR count). The van der Waals surface area contributed by atoms with Crippen LogP contribution in [0.1, 0.15) is 22.8 Å². The van der Waals surface area contributed by atoms with Crippen LogP contribution in [-0.2, 0) is 16.0 Å². The van der Waals surface area contributed by atoms with Gasteiger partial charge in [-0.05, 0) is 24.5 Å². The van der Waals surface area contributed by atoms with Crippen molar-refractivity contribution >= 4 is 27.9 Å². The number of halogens is 1. The zero-order valence-electron chi connectivity index (χ0n) is 14.3. The highest BCUT2D eigenvalue weighted by atomic mass is 79.9. The van der Waals surface area contributed by atoms with Crippen molar-refractivity contribution in [2.45, 2.75) is 30.3 Å². The number of carbonyl (C=O) groups excluding carboxylic acids is 2. The average Bonchev–Trinajstić information content (AvgIpc) is 3.01. The van der Waals surface area contributed by atoms with Crippen molar-refractivity contribution in [1.82, 2.24) is 4.90 Å². The zero-order chi connectivity index (χ0) is 18.7. The number of aliphatic hydroxyl groups is 1. The Labute approximate surface area is 160 Å². The number of aliphatic hydroxyl groups excluding tert-OH is 1. The van der Waals surface area contributed by atoms with Gasteiger partial charge in [-0.25, -0.2) is 9.69 Å². The zero-order valence-corrected chi connectivity index (χ0v) is 15.9. The van der Waals surface area contributed by atoms with Crippen molar-refractivity contribution in [3.05, 3.63) is 71.3 Å². The molecule has 3 atom stereocenters. The highest BCUT2D eigenvalue weighted by molar-refractivity contribution is 9.10. The number of benzene rings is 2. The Kier molecular flexibility index (Phi) is 5.74. The molecule has 136 valence electrons. The van der Waals surface area contributed by atoms with E-state index in [1.807, 2.05) is 49.4 Å². The van der Waals surface area contributed by atoms with Gasteiger partial charge in [0.25, 0.3) is 0 Å². The van der Waals surface area contributed by atoms with E-state index in [9.17, 15) is 14.7 Å². The first kappa shape index (κ1) is 18.6. The summed E-state index contributed by atoms with van der Waals surface area (Å²) in [6.45, 7) is 2.10. The van der Waals surface area contributed by atoms with Crippen molar-refractivity contribution in [1.29, 1.82) is 0 Å². The fourth-order valence-electron chi connectivity index (χ4n) is 2.97. The molecule has 2 aromatic carbocycles. The van der Waals surface area contributed by atoms with Gasteiger partial charge in [-0.3, -0.25) is 4.79 Å². The predicted octanol–water partition coefficient (Wildman–Crippen LogP) is 3.38. The molecular formula is C20H20BrNO4. The third-order valence-electron chi connectivity index (χ3n) is 4.44.